The van der Waals surface area contributed by atoms with E-state index in [1.807, 2.05) is 32.0 Å². The number of carbonyl (C=O) groups excluding carboxylic acids is 1. The van der Waals surface area contributed by atoms with E-state index in [9.17, 15) is 18.0 Å². The second-order valence-electron chi connectivity index (χ2n) is 10.2. The van der Waals surface area contributed by atoms with Crippen molar-refractivity contribution in [2.45, 2.75) is 70.0 Å². The van der Waals surface area contributed by atoms with Crippen LogP contribution in [0.5, 0.6) is 0 Å². The highest BCUT2D eigenvalue weighted by Gasteiger charge is 2.54. The largest absolute Gasteiger partial charge is 0.416 e. The minimum atomic E-state index is -4.51. The number of nitrogens with one attached hydrogen (secondary N) is 2. The molecule has 5 rings (SSSR count). The normalized spacial score (nSPS) is 24.2. The lowest BCUT2D eigenvalue weighted by Crippen LogP contribution is -2.36. The highest BCUT2D eigenvalue weighted by atomic mass is 19.4. The van der Waals surface area contributed by atoms with Crippen molar-refractivity contribution < 1.29 is 18.0 Å². The second-order valence-corrected chi connectivity index (χ2v) is 10.2. The number of fused-ring (bicyclic) bond motifs is 1. The van der Waals surface area contributed by atoms with Crippen molar-refractivity contribution in [2.75, 3.05) is 0 Å². The first-order chi connectivity index (χ1) is 16.2. The Bertz CT molecular complexity index is 1210. The lowest BCUT2D eigenvalue weighted by molar-refractivity contribution is -0.138. The summed E-state index contributed by atoms with van der Waals surface area (Å²) < 4.78 is 42.2. The summed E-state index contributed by atoms with van der Waals surface area (Å²) in [5, 5.41) is 3.05. The predicted molar refractivity (Wildman–Crippen MR) is 125 cm³/mol. The van der Waals surface area contributed by atoms with Crippen LogP contribution in [0.4, 0.5) is 13.2 Å². The fourth-order valence-electron chi connectivity index (χ4n) is 5.79. The van der Waals surface area contributed by atoms with Crippen LogP contribution in [-0.4, -0.2) is 15.9 Å². The molecular formula is C27H30F3N3O. The number of nitrogens with zero attached hydrogens (tertiary/aromatic N) is 1. The van der Waals surface area contributed by atoms with Crippen LogP contribution < -0.4 is 5.32 Å². The molecule has 2 aliphatic rings. The number of alkyl halides is 3. The first-order valence-electron chi connectivity index (χ1n) is 12.2. The Morgan fingerprint density at radius 2 is 1.88 bits per heavy atom. The number of halogens is 3. The van der Waals surface area contributed by atoms with Gasteiger partial charge in [0, 0.05) is 5.56 Å². The van der Waals surface area contributed by atoms with Crippen LogP contribution in [0.1, 0.15) is 85.3 Å². The third kappa shape index (κ3) is 4.10. The first kappa shape index (κ1) is 22.9. The van der Waals surface area contributed by atoms with Crippen molar-refractivity contribution in [1.29, 1.82) is 0 Å². The third-order valence-electron chi connectivity index (χ3n) is 8.05. The molecule has 2 fully saturated rings. The second kappa shape index (κ2) is 8.43. The first-order valence-corrected chi connectivity index (χ1v) is 12.2. The van der Waals surface area contributed by atoms with Crippen LogP contribution in [-0.2, 0) is 11.7 Å². The highest BCUT2D eigenvalue weighted by Crippen LogP contribution is 2.52. The van der Waals surface area contributed by atoms with Gasteiger partial charge >= 0.3 is 6.18 Å². The topological polar surface area (TPSA) is 57.8 Å². The Morgan fingerprint density at radius 1 is 1.15 bits per heavy atom. The molecule has 1 heterocycles. The fraction of sp³-hybridized carbons (Fsp3) is 0.481. The summed E-state index contributed by atoms with van der Waals surface area (Å²) in [7, 11) is 0. The molecule has 2 saturated carbocycles. The number of hydrogen-bond acceptors (Lipinski definition) is 2. The molecule has 2 N–H and O–H groups in total. The molecule has 2 aliphatic carbocycles. The molecule has 3 atom stereocenters. The van der Waals surface area contributed by atoms with Crippen molar-refractivity contribution in [3.8, 4) is 0 Å². The molecule has 3 aromatic rings. The van der Waals surface area contributed by atoms with E-state index < -0.39 is 23.2 Å². The number of rotatable bonds is 5. The molecule has 3 unspecified atom stereocenters. The maximum atomic E-state index is 14.1. The number of amides is 1. The molecule has 0 radical (unpaired) electrons. The lowest BCUT2D eigenvalue weighted by atomic mass is 9.76. The average Bonchev–Trinajstić information content (AvgIpc) is 3.25. The molecule has 0 saturated heterocycles. The summed E-state index contributed by atoms with van der Waals surface area (Å²) in [4.78, 5) is 20.5. The van der Waals surface area contributed by atoms with Gasteiger partial charge in [0.1, 0.15) is 0 Å². The van der Waals surface area contributed by atoms with Crippen molar-refractivity contribution in [2.24, 2.45) is 11.8 Å². The number of hydrogen-bond donors (Lipinski definition) is 2. The number of aromatic nitrogens is 2. The third-order valence-corrected chi connectivity index (χ3v) is 8.05. The van der Waals surface area contributed by atoms with Gasteiger partial charge in [-0.3, -0.25) is 4.79 Å². The SMILES string of the molecule is CC(c1ccc(C(=O)NC2(c3ccc4[nH]cnc4c3)CC2C)cc1C(F)(F)F)C1CCCCC1. The smallest absolute Gasteiger partial charge is 0.345 e. The van der Waals surface area contributed by atoms with Crippen LogP contribution in [0.2, 0.25) is 0 Å². The maximum absolute atomic E-state index is 14.1. The van der Waals surface area contributed by atoms with Gasteiger partial charge in [-0.2, -0.15) is 13.2 Å². The van der Waals surface area contributed by atoms with E-state index in [2.05, 4.69) is 15.3 Å². The van der Waals surface area contributed by atoms with E-state index >= 15 is 0 Å². The molecular weight excluding hydrogens is 439 g/mol. The fourth-order valence-corrected chi connectivity index (χ4v) is 5.79. The molecule has 0 bridgehead atoms. The maximum Gasteiger partial charge on any atom is 0.416 e. The van der Waals surface area contributed by atoms with Gasteiger partial charge in [-0.05, 0) is 72.4 Å². The Balaban J connectivity index is 1.43. The Labute approximate surface area is 197 Å². The number of aromatic amines is 1. The standard InChI is InChI=1S/C27H30F3N3O/c1-16-14-26(16,20-9-11-23-24(13-20)32-15-31-23)33-25(34)19-8-10-21(22(12-19)27(28,29)30)17(2)18-6-4-3-5-7-18/h8-13,15-18H,3-7,14H2,1-2H3,(H,31,32)(H,33,34). The summed E-state index contributed by atoms with van der Waals surface area (Å²) in [6.45, 7) is 3.93. The van der Waals surface area contributed by atoms with Crippen molar-refractivity contribution >= 4 is 16.9 Å². The van der Waals surface area contributed by atoms with Crippen LogP contribution in [0.3, 0.4) is 0 Å². The van der Waals surface area contributed by atoms with Crippen molar-refractivity contribution in [3.05, 3.63) is 65.0 Å². The Kier molecular flexibility index (Phi) is 5.69. The van der Waals surface area contributed by atoms with E-state index in [4.69, 9.17) is 0 Å². The van der Waals surface area contributed by atoms with E-state index in [1.54, 1.807) is 12.4 Å². The van der Waals surface area contributed by atoms with Crippen molar-refractivity contribution in [1.82, 2.24) is 15.3 Å². The van der Waals surface area contributed by atoms with Crippen LogP contribution in [0.15, 0.2) is 42.7 Å². The lowest BCUT2D eigenvalue weighted by Gasteiger charge is -2.30. The van der Waals surface area contributed by atoms with Gasteiger partial charge in [0.25, 0.3) is 5.91 Å². The van der Waals surface area contributed by atoms with E-state index in [0.717, 1.165) is 61.2 Å². The molecule has 1 amide bonds. The summed E-state index contributed by atoms with van der Waals surface area (Å²) in [5.74, 6) is -0.235. The van der Waals surface area contributed by atoms with Crippen LogP contribution in [0.25, 0.3) is 11.0 Å². The molecule has 180 valence electrons. The molecule has 0 spiro atoms. The van der Waals surface area contributed by atoms with E-state index in [0.29, 0.717) is 5.56 Å². The summed E-state index contributed by atoms with van der Waals surface area (Å²) in [6.07, 6.45) is 3.05. The van der Waals surface area contributed by atoms with E-state index in [-0.39, 0.29) is 23.3 Å². The number of benzene rings is 2. The molecule has 2 aromatic carbocycles. The van der Waals surface area contributed by atoms with Gasteiger partial charge in [-0.15, -0.1) is 0 Å². The van der Waals surface area contributed by atoms with Gasteiger partial charge in [-0.25, -0.2) is 4.98 Å². The number of H-pyrrole nitrogens is 1. The van der Waals surface area contributed by atoms with Gasteiger partial charge in [0.05, 0.1) is 28.5 Å². The van der Waals surface area contributed by atoms with Gasteiger partial charge in [-0.1, -0.05) is 45.2 Å². The van der Waals surface area contributed by atoms with Crippen molar-refractivity contribution in [3.63, 3.8) is 0 Å². The summed E-state index contributed by atoms with van der Waals surface area (Å²) in [5.41, 5.74) is 1.69. The molecule has 0 aliphatic heterocycles. The molecule has 7 heteroatoms. The van der Waals surface area contributed by atoms with Gasteiger partial charge in [0.2, 0.25) is 0 Å². The van der Waals surface area contributed by atoms with Crippen LogP contribution in [0, 0.1) is 11.8 Å². The molecule has 4 nitrogen and oxygen atoms in total. The molecule has 1 aromatic heterocycles. The zero-order valence-corrected chi connectivity index (χ0v) is 19.5. The quantitative estimate of drug-likeness (QED) is 0.426. The Hall–Kier alpha value is -2.83. The zero-order valence-electron chi connectivity index (χ0n) is 19.5. The van der Waals surface area contributed by atoms with Gasteiger partial charge in [0.15, 0.2) is 0 Å². The van der Waals surface area contributed by atoms with Crippen LogP contribution >= 0.6 is 0 Å². The number of imidazole rings is 1. The minimum Gasteiger partial charge on any atom is -0.345 e. The van der Waals surface area contributed by atoms with E-state index in [1.165, 1.54) is 6.07 Å². The summed E-state index contributed by atoms with van der Waals surface area (Å²) in [6, 6.07) is 9.92. The minimum absolute atomic E-state index is 0.0474. The highest BCUT2D eigenvalue weighted by molar-refractivity contribution is 5.95. The predicted octanol–water partition coefficient (Wildman–Crippen LogP) is 6.93. The molecule has 34 heavy (non-hydrogen) atoms. The number of carbonyl (C=O) groups is 1. The average molecular weight is 470 g/mol. The summed E-state index contributed by atoms with van der Waals surface area (Å²) >= 11 is 0. The Morgan fingerprint density at radius 3 is 2.56 bits per heavy atom. The van der Waals surface area contributed by atoms with Gasteiger partial charge < -0.3 is 10.3 Å². The zero-order chi connectivity index (χ0) is 24.1. The monoisotopic (exact) mass is 469 g/mol.